The number of hydrogen-bond acceptors (Lipinski definition) is 14. The number of likely N-dealkylation sites (tertiary alicyclic amines) is 1. The quantitative estimate of drug-likeness (QED) is 0.118. The lowest BCUT2D eigenvalue weighted by molar-refractivity contribution is -0.145. The minimum atomic E-state index is -2.03. The number of aryl methyl sites for hydroxylation is 1. The highest BCUT2D eigenvalue weighted by molar-refractivity contribution is 7.14. The second-order valence-electron chi connectivity index (χ2n) is 19.6. The lowest BCUT2D eigenvalue weighted by Crippen LogP contribution is -2.59. The Morgan fingerprint density at radius 2 is 1.70 bits per heavy atom. The van der Waals surface area contributed by atoms with Crippen LogP contribution in [0.25, 0.3) is 21.7 Å². The molecule has 4 aromatic rings. The summed E-state index contributed by atoms with van der Waals surface area (Å²) < 4.78 is 59.7. The molecule has 4 fully saturated rings. The number of hydrogen-bond donors (Lipinski definition) is 4. The van der Waals surface area contributed by atoms with Crippen LogP contribution in [0.2, 0.25) is 0 Å². The number of alkyl halides is 1. The number of rotatable bonds is 17. The molecule has 382 valence electrons. The third kappa shape index (κ3) is 12.3. The first-order chi connectivity index (χ1) is 33.9. The zero-order chi connectivity index (χ0) is 50.6. The van der Waals surface area contributed by atoms with Crippen molar-refractivity contribution in [3.63, 3.8) is 0 Å². The number of aliphatic hydroxyl groups excluding tert-OH is 1. The van der Waals surface area contributed by atoms with Crippen molar-refractivity contribution < 1.29 is 51.7 Å². The van der Waals surface area contributed by atoms with Gasteiger partial charge in [0.1, 0.15) is 12.1 Å². The van der Waals surface area contributed by atoms with Gasteiger partial charge in [-0.1, -0.05) is 45.0 Å². The monoisotopic (exact) mass is 1020 g/mol. The standard InChI is InChI=1S/C49H60F3N9O8S2/c1-29-25-54-71-42(29)31-7-5-30(6-8-31)35(55-44(65)37-23-32(62)26-61(37)45(66)43(48(2,3)4)57-46(67)49(52)11-12-49)24-38(63)53-13-14-58-15-17-59(18-16-58)39(64)27-69-41-33(9-10-34(50)40(41)51)36-28-70-47(56-36)60-19-21-68-22-20-60/h5-10,25,28,32,35,37,43,62H,11-24,26-27H2,1-4H3,(H,53,63)(H,55,65)(H,57,67)/t32-,35?,37?,43-/m1/s1. The lowest BCUT2D eigenvalue weighted by Gasteiger charge is -2.36. The zero-order valence-electron chi connectivity index (χ0n) is 40.2. The van der Waals surface area contributed by atoms with E-state index in [9.17, 15) is 37.9 Å². The number of amides is 5. The Hall–Kier alpha value is -5.68. The minimum absolute atomic E-state index is 0.0625. The smallest absolute Gasteiger partial charge is 0.260 e. The number of thiazole rings is 1. The molecule has 1 saturated carbocycles. The van der Waals surface area contributed by atoms with Crippen molar-refractivity contribution in [1.82, 2.24) is 40.0 Å². The molecule has 0 bridgehead atoms. The summed E-state index contributed by atoms with van der Waals surface area (Å²) in [5, 5.41) is 21.7. The fourth-order valence-corrected chi connectivity index (χ4v) is 10.5. The van der Waals surface area contributed by atoms with Crippen molar-refractivity contribution in [2.24, 2.45) is 5.41 Å². The van der Waals surface area contributed by atoms with Crippen molar-refractivity contribution in [3.05, 3.63) is 70.7 Å². The minimum Gasteiger partial charge on any atom is -0.480 e. The number of ether oxygens (including phenoxy) is 2. The molecular formula is C49H60F3N9O8S2. The number of nitrogens with zero attached hydrogens (tertiary/aromatic N) is 6. The van der Waals surface area contributed by atoms with E-state index in [1.807, 2.05) is 31.2 Å². The first-order valence-electron chi connectivity index (χ1n) is 23.8. The molecular weight excluding hydrogens is 964 g/mol. The summed E-state index contributed by atoms with van der Waals surface area (Å²) in [5.41, 5.74) is 0.280. The predicted molar refractivity (Wildman–Crippen MR) is 260 cm³/mol. The Balaban J connectivity index is 0.858. The molecule has 3 saturated heterocycles. The van der Waals surface area contributed by atoms with E-state index in [2.05, 4.69) is 35.1 Å². The van der Waals surface area contributed by atoms with Gasteiger partial charge < -0.3 is 45.2 Å². The third-order valence-corrected chi connectivity index (χ3v) is 15.1. The van der Waals surface area contributed by atoms with E-state index in [-0.39, 0.29) is 56.0 Å². The molecule has 4 aliphatic rings. The van der Waals surface area contributed by atoms with Crippen LogP contribution in [0.3, 0.4) is 0 Å². The Bertz CT molecular complexity index is 2580. The maximum absolute atomic E-state index is 15.2. The van der Waals surface area contributed by atoms with Gasteiger partial charge in [-0.3, -0.25) is 28.9 Å². The first kappa shape index (κ1) is 51.7. The van der Waals surface area contributed by atoms with E-state index in [4.69, 9.17) is 9.47 Å². The normalized spacial score (nSPS) is 20.0. The Morgan fingerprint density at radius 3 is 2.37 bits per heavy atom. The maximum Gasteiger partial charge on any atom is 0.260 e. The Morgan fingerprint density at radius 1 is 0.986 bits per heavy atom. The molecule has 71 heavy (non-hydrogen) atoms. The maximum atomic E-state index is 15.2. The van der Waals surface area contributed by atoms with E-state index < -0.39 is 77.2 Å². The molecule has 1 aliphatic carbocycles. The van der Waals surface area contributed by atoms with Gasteiger partial charge >= 0.3 is 0 Å². The second kappa shape index (κ2) is 22.0. The fraction of sp³-hybridized carbons (Fsp3) is 0.531. The van der Waals surface area contributed by atoms with Gasteiger partial charge in [0, 0.05) is 82.5 Å². The largest absolute Gasteiger partial charge is 0.480 e. The van der Waals surface area contributed by atoms with Gasteiger partial charge in [-0.2, -0.15) is 4.39 Å². The molecule has 5 amide bonds. The summed E-state index contributed by atoms with van der Waals surface area (Å²) in [6.45, 7) is 11.2. The van der Waals surface area contributed by atoms with E-state index in [0.717, 1.165) is 27.2 Å². The number of carbonyl (C=O) groups excluding carboxylic acids is 5. The number of β-amino-alcohol motifs (C(OH)–C–C–N with tert-alkyl or cyclic N) is 1. The summed E-state index contributed by atoms with van der Waals surface area (Å²) in [6.07, 6.45) is 0.611. The van der Waals surface area contributed by atoms with Crippen LogP contribution >= 0.6 is 22.9 Å². The van der Waals surface area contributed by atoms with Crippen LogP contribution in [0.4, 0.5) is 18.3 Å². The molecule has 0 radical (unpaired) electrons. The van der Waals surface area contributed by atoms with Gasteiger partial charge in [-0.15, -0.1) is 11.3 Å². The van der Waals surface area contributed by atoms with Crippen LogP contribution in [-0.4, -0.2) is 161 Å². The highest BCUT2D eigenvalue weighted by Crippen LogP contribution is 2.41. The molecule has 17 nitrogen and oxygen atoms in total. The molecule has 5 heterocycles. The van der Waals surface area contributed by atoms with Crippen molar-refractivity contribution in [2.75, 3.05) is 83.6 Å². The number of nitrogens with one attached hydrogen (secondary N) is 3. The highest BCUT2D eigenvalue weighted by Gasteiger charge is 2.53. The first-order valence-corrected chi connectivity index (χ1v) is 25.5. The molecule has 2 unspecified atom stereocenters. The molecule has 0 spiro atoms. The van der Waals surface area contributed by atoms with Crippen LogP contribution in [0.15, 0.2) is 48.0 Å². The lowest BCUT2D eigenvalue weighted by atomic mass is 9.85. The molecule has 22 heteroatoms. The molecule has 4 atom stereocenters. The second-order valence-corrected chi connectivity index (χ2v) is 21.2. The van der Waals surface area contributed by atoms with Crippen molar-refractivity contribution in [1.29, 1.82) is 0 Å². The van der Waals surface area contributed by atoms with Crippen LogP contribution in [-0.2, 0) is 28.7 Å². The number of anilines is 1. The highest BCUT2D eigenvalue weighted by atomic mass is 32.1. The number of benzene rings is 2. The fourth-order valence-electron chi connectivity index (χ4n) is 8.89. The van der Waals surface area contributed by atoms with Gasteiger partial charge in [0.25, 0.3) is 11.8 Å². The summed E-state index contributed by atoms with van der Waals surface area (Å²) in [5.74, 6) is -5.56. The number of aromatic nitrogens is 2. The van der Waals surface area contributed by atoms with E-state index in [1.165, 1.54) is 33.8 Å². The van der Waals surface area contributed by atoms with Gasteiger partial charge in [-0.05, 0) is 65.5 Å². The average molecular weight is 1020 g/mol. The number of carbonyl (C=O) groups is 5. The van der Waals surface area contributed by atoms with Crippen molar-refractivity contribution in [3.8, 4) is 27.4 Å². The topological polar surface area (TPSA) is 199 Å². The van der Waals surface area contributed by atoms with E-state index in [1.54, 1.807) is 37.2 Å². The van der Waals surface area contributed by atoms with Gasteiger partial charge in [0.15, 0.2) is 29.0 Å². The zero-order valence-corrected chi connectivity index (χ0v) is 41.8. The molecule has 2 aromatic carbocycles. The summed E-state index contributed by atoms with van der Waals surface area (Å²) in [7, 11) is 0. The van der Waals surface area contributed by atoms with Crippen molar-refractivity contribution >= 4 is 57.5 Å². The molecule has 4 N–H and O–H groups in total. The Labute approximate surface area is 418 Å². The van der Waals surface area contributed by atoms with Crippen LogP contribution in [0.5, 0.6) is 5.75 Å². The molecule has 8 rings (SSSR count). The molecule has 2 aromatic heterocycles. The molecule has 3 aliphatic heterocycles. The number of aliphatic hydroxyl groups is 1. The summed E-state index contributed by atoms with van der Waals surface area (Å²) in [6, 6.07) is 6.63. The summed E-state index contributed by atoms with van der Waals surface area (Å²) >= 11 is 2.72. The van der Waals surface area contributed by atoms with Crippen molar-refractivity contribution in [2.45, 2.75) is 83.3 Å². The average Bonchev–Trinajstić information content (AvgIpc) is 3.65. The van der Waals surface area contributed by atoms with Gasteiger partial charge in [-0.25, -0.2) is 18.1 Å². The van der Waals surface area contributed by atoms with Crippen LogP contribution < -0.4 is 25.6 Å². The number of morpholine rings is 1. The van der Waals surface area contributed by atoms with Crippen LogP contribution in [0.1, 0.15) is 63.6 Å². The number of piperazine rings is 1. The third-order valence-electron chi connectivity index (χ3n) is 13.3. The Kier molecular flexibility index (Phi) is 16.0. The van der Waals surface area contributed by atoms with Gasteiger partial charge in [0.05, 0.1) is 42.4 Å². The predicted octanol–water partition coefficient (Wildman–Crippen LogP) is 4.24. The number of halogens is 3. The van der Waals surface area contributed by atoms with E-state index >= 15 is 4.39 Å². The van der Waals surface area contributed by atoms with Gasteiger partial charge in [0.2, 0.25) is 23.5 Å². The summed E-state index contributed by atoms with van der Waals surface area (Å²) in [4.78, 5) is 80.6. The van der Waals surface area contributed by atoms with E-state index in [0.29, 0.717) is 70.3 Å². The SMILES string of the molecule is Cc1cnsc1-c1ccc(C(CC(=O)NCCN2CCN(C(=O)COc3c(-c4csc(N5CCOCC5)n4)ccc(F)c3F)CC2)NC(=O)C2C[C@@H](O)CN2C(=O)[C@@H](NC(=O)C2(F)CC2)C(C)(C)C)cc1. The van der Waals surface area contributed by atoms with Crippen LogP contribution in [0, 0.1) is 24.0 Å².